The van der Waals surface area contributed by atoms with Gasteiger partial charge in [-0.15, -0.1) is 0 Å². The first-order valence-electron chi connectivity index (χ1n) is 16.9. The predicted octanol–water partition coefficient (Wildman–Crippen LogP) is 6.72. The Kier molecular flexibility index (Phi) is 18.0. The van der Waals surface area contributed by atoms with Crippen LogP contribution in [-0.4, -0.2) is 12.5 Å². The number of fused-ring (bicyclic) bond motifs is 2. The van der Waals surface area contributed by atoms with Crippen LogP contribution in [0.15, 0.2) is 142 Å². The number of carbonyl (C=O) groups is 1. The van der Waals surface area contributed by atoms with E-state index in [2.05, 4.69) is 85.2 Å². The first kappa shape index (κ1) is 38.8. The molecule has 0 atom stereocenters. The summed E-state index contributed by atoms with van der Waals surface area (Å²) in [7, 11) is 0. The highest BCUT2D eigenvalue weighted by Crippen LogP contribution is 2.35. The highest BCUT2D eigenvalue weighted by Gasteiger charge is 2.15. The summed E-state index contributed by atoms with van der Waals surface area (Å²) < 4.78 is 19.1. The lowest BCUT2D eigenvalue weighted by atomic mass is 10.1. The second kappa shape index (κ2) is 22.8. The number of rotatable bonds is 20. The molecule has 0 bridgehead atoms. The van der Waals surface area contributed by atoms with Crippen molar-refractivity contribution in [3.8, 4) is 5.75 Å². The van der Waals surface area contributed by atoms with Gasteiger partial charge in [-0.2, -0.15) is 0 Å². The van der Waals surface area contributed by atoms with Crippen LogP contribution in [0.3, 0.4) is 0 Å². The van der Waals surface area contributed by atoms with E-state index < -0.39 is 5.63 Å². The van der Waals surface area contributed by atoms with E-state index in [0.717, 1.165) is 61.4 Å². The zero-order valence-electron chi connectivity index (χ0n) is 28.3. The second-order valence-electron chi connectivity index (χ2n) is 11.2. The number of halogens is 1. The number of nitrogens with zero attached hydrogens (tertiary/aromatic N) is 1. The largest absolute Gasteiger partial charge is 1.00 e. The Balaban J connectivity index is 0.00000650. The zero-order chi connectivity index (χ0) is 33.7. The standard InChI is InChI=1S/C41H46N2O5.BrH/c1-2-3-4-5-6-7-8-9-10-11-12-13-14-15-16-17-18-19-20-22-37(44)42-36-25-29-43(30-26-36)28-21-31-46-41-39-35(27-32-47-39)33-34-23-24-38(45)48-40(34)41;/h3-4,6-7,9-10,12-13,15-16,18-19,23-27,29-30,32-33H,2,5,8,11,14,17,20-22,28,31H2,1H3;1H/b4-3-,7-6-,10-9-,13-12-,16-15-,19-18-;. The summed E-state index contributed by atoms with van der Waals surface area (Å²) in [6.45, 7) is 3.28. The molecule has 1 N–H and O–H groups in total. The fraction of sp³-hybridized carbons (Fsp3) is 0.293. The van der Waals surface area contributed by atoms with E-state index >= 15 is 0 Å². The maximum atomic E-state index is 12.4. The van der Waals surface area contributed by atoms with Crippen molar-refractivity contribution in [2.24, 2.45) is 0 Å². The van der Waals surface area contributed by atoms with E-state index in [-0.39, 0.29) is 22.9 Å². The number of aromatic nitrogens is 1. The summed E-state index contributed by atoms with van der Waals surface area (Å²) in [5.74, 6) is 0.434. The number of allylic oxidation sites excluding steroid dienone is 12. The van der Waals surface area contributed by atoms with Crippen molar-refractivity contribution < 1.29 is 39.9 Å². The SMILES string of the molecule is CC/C=C\C/C=C\C/C=C\C/C=C\C/C=C\C/C=C\CCC(=O)Nc1cc[n+](CCCOc2c3occc3cc3ccc(=O)oc23)cc1.[Br-]. The number of aryl methyl sites for hydroxylation is 1. The summed E-state index contributed by atoms with van der Waals surface area (Å²) in [5.41, 5.74) is 1.28. The minimum atomic E-state index is -0.435. The molecule has 0 saturated carbocycles. The van der Waals surface area contributed by atoms with Gasteiger partial charge in [-0.1, -0.05) is 79.8 Å². The van der Waals surface area contributed by atoms with Crippen molar-refractivity contribution in [2.75, 3.05) is 11.9 Å². The highest BCUT2D eigenvalue weighted by molar-refractivity contribution is 5.99. The normalized spacial score (nSPS) is 12.2. The molecule has 0 aliphatic rings. The molecule has 258 valence electrons. The van der Waals surface area contributed by atoms with Crippen LogP contribution in [0, 0.1) is 0 Å². The monoisotopic (exact) mass is 726 g/mol. The van der Waals surface area contributed by atoms with E-state index in [1.54, 1.807) is 12.3 Å². The number of anilines is 1. The molecule has 8 heteroatoms. The Morgan fingerprint density at radius 3 is 2.00 bits per heavy atom. The summed E-state index contributed by atoms with van der Waals surface area (Å²) in [6.07, 6.45) is 39.3. The van der Waals surface area contributed by atoms with Crippen LogP contribution in [0.25, 0.3) is 21.9 Å². The van der Waals surface area contributed by atoms with Gasteiger partial charge in [-0.05, 0) is 63.1 Å². The average Bonchev–Trinajstić information content (AvgIpc) is 3.56. The molecular weight excluding hydrogens is 680 g/mol. The number of amides is 1. The number of nitrogens with one attached hydrogen (secondary N) is 1. The lowest BCUT2D eigenvalue weighted by molar-refractivity contribution is -0.697. The predicted molar refractivity (Wildman–Crippen MR) is 195 cm³/mol. The molecule has 4 aromatic rings. The molecule has 49 heavy (non-hydrogen) atoms. The van der Waals surface area contributed by atoms with Gasteiger partial charge >= 0.3 is 5.63 Å². The Morgan fingerprint density at radius 1 is 0.776 bits per heavy atom. The molecule has 0 fully saturated rings. The van der Waals surface area contributed by atoms with Gasteiger partial charge in [0.1, 0.15) is 0 Å². The molecule has 1 aromatic carbocycles. The van der Waals surface area contributed by atoms with Crippen molar-refractivity contribution in [3.05, 3.63) is 138 Å². The quantitative estimate of drug-likeness (QED) is 0.0474. The first-order valence-corrected chi connectivity index (χ1v) is 16.9. The van der Waals surface area contributed by atoms with Gasteiger partial charge in [0.05, 0.1) is 18.6 Å². The van der Waals surface area contributed by atoms with Gasteiger partial charge in [-0.3, -0.25) is 4.79 Å². The van der Waals surface area contributed by atoms with Gasteiger partial charge in [0.25, 0.3) is 0 Å². The first-order chi connectivity index (χ1) is 23.6. The van der Waals surface area contributed by atoms with Crippen molar-refractivity contribution in [2.45, 2.75) is 71.3 Å². The molecular formula is C41H47BrN2O5. The number of hydrogen-bond donors (Lipinski definition) is 1. The van der Waals surface area contributed by atoms with E-state index in [1.165, 1.54) is 6.07 Å². The molecule has 0 radical (unpaired) electrons. The maximum Gasteiger partial charge on any atom is 0.336 e. The van der Waals surface area contributed by atoms with Crippen molar-refractivity contribution in [3.63, 3.8) is 0 Å². The fourth-order valence-electron chi connectivity index (χ4n) is 4.93. The molecule has 0 spiro atoms. The second-order valence-corrected chi connectivity index (χ2v) is 11.2. The lowest BCUT2D eigenvalue weighted by Gasteiger charge is -2.08. The average molecular weight is 728 g/mol. The number of hydrogen-bond acceptors (Lipinski definition) is 5. The van der Waals surface area contributed by atoms with Crippen molar-refractivity contribution in [1.29, 1.82) is 0 Å². The van der Waals surface area contributed by atoms with Gasteiger partial charge in [-0.25, -0.2) is 9.36 Å². The summed E-state index contributed by atoms with van der Waals surface area (Å²) in [5, 5.41) is 4.63. The van der Waals surface area contributed by atoms with Crippen LogP contribution in [-0.2, 0) is 11.3 Å². The van der Waals surface area contributed by atoms with E-state index in [1.807, 2.05) is 41.2 Å². The van der Waals surface area contributed by atoms with E-state index in [4.69, 9.17) is 13.6 Å². The number of furan rings is 1. The van der Waals surface area contributed by atoms with Crippen LogP contribution in [0.1, 0.15) is 64.7 Å². The third-order valence-electron chi connectivity index (χ3n) is 7.40. The maximum absolute atomic E-state index is 12.4. The molecule has 4 rings (SSSR count). The molecule has 3 heterocycles. The zero-order valence-corrected chi connectivity index (χ0v) is 29.9. The Labute approximate surface area is 299 Å². The fourth-order valence-corrected chi connectivity index (χ4v) is 4.93. The van der Waals surface area contributed by atoms with Crippen LogP contribution in [0.5, 0.6) is 5.75 Å². The van der Waals surface area contributed by atoms with Crippen LogP contribution < -0.4 is 37.2 Å². The Morgan fingerprint density at radius 2 is 1.37 bits per heavy atom. The number of pyridine rings is 1. The van der Waals surface area contributed by atoms with Gasteiger partial charge in [0, 0.05) is 41.8 Å². The molecule has 7 nitrogen and oxygen atoms in total. The smallest absolute Gasteiger partial charge is 0.336 e. The molecule has 0 aliphatic heterocycles. The van der Waals surface area contributed by atoms with Crippen LogP contribution in [0.2, 0.25) is 0 Å². The van der Waals surface area contributed by atoms with E-state index in [0.29, 0.717) is 42.9 Å². The van der Waals surface area contributed by atoms with Gasteiger partial charge in [0.2, 0.25) is 11.7 Å². The van der Waals surface area contributed by atoms with Crippen LogP contribution >= 0.6 is 0 Å². The minimum absolute atomic E-state index is 0. The summed E-state index contributed by atoms with van der Waals surface area (Å²) in [6, 6.07) is 10.7. The molecule has 0 saturated heterocycles. The third-order valence-corrected chi connectivity index (χ3v) is 7.40. The molecule has 0 unspecified atom stereocenters. The Bertz CT molecular complexity index is 1810. The number of benzene rings is 1. The van der Waals surface area contributed by atoms with Crippen molar-refractivity contribution >= 4 is 33.5 Å². The Hall–Kier alpha value is -4.69. The third kappa shape index (κ3) is 14.1. The number of carbonyl (C=O) groups excluding carboxylic acids is 1. The van der Waals surface area contributed by atoms with Gasteiger partial charge in [0.15, 0.2) is 30.1 Å². The summed E-state index contributed by atoms with van der Waals surface area (Å²) in [4.78, 5) is 24.2. The topological polar surface area (TPSA) is 85.6 Å². The van der Waals surface area contributed by atoms with E-state index in [9.17, 15) is 9.59 Å². The lowest BCUT2D eigenvalue weighted by Crippen LogP contribution is -3.00. The molecule has 3 aromatic heterocycles. The molecule has 1 amide bonds. The summed E-state index contributed by atoms with van der Waals surface area (Å²) >= 11 is 0. The molecule has 0 aliphatic carbocycles. The van der Waals surface area contributed by atoms with Gasteiger partial charge < -0.3 is 35.9 Å². The minimum Gasteiger partial charge on any atom is -1.00 e. The van der Waals surface area contributed by atoms with Crippen molar-refractivity contribution in [1.82, 2.24) is 0 Å². The number of ether oxygens (including phenoxy) is 1. The van der Waals surface area contributed by atoms with Crippen LogP contribution in [0.4, 0.5) is 5.69 Å². The highest BCUT2D eigenvalue weighted by atomic mass is 79.9.